The van der Waals surface area contributed by atoms with Crippen molar-refractivity contribution in [1.29, 1.82) is 0 Å². The van der Waals surface area contributed by atoms with Crippen molar-refractivity contribution in [2.75, 3.05) is 5.75 Å². The van der Waals surface area contributed by atoms with Crippen LogP contribution in [0.2, 0.25) is 0 Å². The Morgan fingerprint density at radius 3 is 2.35 bits per heavy atom. The predicted molar refractivity (Wildman–Crippen MR) is 94.3 cm³/mol. The number of phenolic OH excluding ortho intramolecular Hbond substituents is 1. The molecule has 2 aromatic rings. The number of carboxylic acids is 1. The number of carbonyl (C=O) groups is 1. The average molecular weight is 350 g/mol. The van der Waals surface area contributed by atoms with Crippen LogP contribution in [-0.4, -0.2) is 27.6 Å². The Morgan fingerprint density at radius 1 is 1.09 bits per heavy atom. The number of aromatic hydroxyl groups is 1. The normalized spacial score (nSPS) is 13.9. The van der Waals surface area contributed by atoms with Gasteiger partial charge in [-0.05, 0) is 24.1 Å². The molecule has 23 heavy (non-hydrogen) atoms. The van der Waals surface area contributed by atoms with Crippen molar-refractivity contribution in [2.24, 2.45) is 5.92 Å². The molecule has 2 N–H and O–H groups in total. The van der Waals surface area contributed by atoms with Crippen LogP contribution in [-0.2, 0) is 15.8 Å². The lowest BCUT2D eigenvalue weighted by atomic mass is 9.96. The zero-order valence-corrected chi connectivity index (χ0v) is 14.4. The Labute approximate surface area is 140 Å². The number of thioether (sulfide) groups is 1. The van der Waals surface area contributed by atoms with Crippen LogP contribution in [0.5, 0.6) is 5.75 Å². The van der Waals surface area contributed by atoms with Crippen LogP contribution in [0.4, 0.5) is 0 Å². The highest BCUT2D eigenvalue weighted by Crippen LogP contribution is 2.33. The molecular weight excluding hydrogens is 331 g/mol. The molecule has 3 unspecified atom stereocenters. The maximum absolute atomic E-state index is 11.6. The summed E-state index contributed by atoms with van der Waals surface area (Å²) in [7, 11) is -1.23. The van der Waals surface area contributed by atoms with Gasteiger partial charge in [0.25, 0.3) is 0 Å². The van der Waals surface area contributed by atoms with E-state index in [0.29, 0.717) is 17.1 Å². The van der Waals surface area contributed by atoms with Gasteiger partial charge in [-0.3, -0.25) is 4.79 Å². The number of hydrogen-bond donors (Lipinski definition) is 2. The summed E-state index contributed by atoms with van der Waals surface area (Å²) in [6.07, 6.45) is 0.359. The second kappa shape index (κ2) is 8.80. The third-order valence-electron chi connectivity index (χ3n) is 3.60. The van der Waals surface area contributed by atoms with Gasteiger partial charge in [-0.2, -0.15) is 0 Å². The van der Waals surface area contributed by atoms with E-state index in [1.807, 2.05) is 30.3 Å². The molecule has 122 valence electrons. The quantitative estimate of drug-likeness (QED) is 0.562. The molecule has 0 amide bonds. The van der Waals surface area contributed by atoms with E-state index in [9.17, 15) is 19.6 Å². The van der Waals surface area contributed by atoms with Gasteiger partial charge in [-0.15, -0.1) is 11.8 Å². The summed E-state index contributed by atoms with van der Waals surface area (Å²) in [4.78, 5) is 12.3. The standard InChI is InChI=1S/C17H19O4PS/c18-14-8-4-5-9-16(14)23-11-15(22-21)13(17(19)20)10-12-6-2-1-3-7-12/h1-9,13,15,18H,10-11,22H2,(H,19,20). The molecular formula is C17H19O4PS. The highest BCUT2D eigenvalue weighted by Gasteiger charge is 2.28. The fraction of sp³-hybridized carbons (Fsp3) is 0.235. The zero-order valence-electron chi connectivity index (χ0n) is 12.5. The molecule has 0 aromatic heterocycles. The fourth-order valence-corrected chi connectivity index (χ4v) is 4.39. The van der Waals surface area contributed by atoms with Crippen molar-refractivity contribution in [1.82, 2.24) is 0 Å². The van der Waals surface area contributed by atoms with Gasteiger partial charge in [0, 0.05) is 16.3 Å². The SMILES string of the molecule is O=[PH2]C(CSc1ccccc1O)C(Cc1ccccc1)C(=O)O. The number of phenols is 1. The second-order valence-corrected chi connectivity index (χ2v) is 7.40. The van der Waals surface area contributed by atoms with Crippen LogP contribution in [0.15, 0.2) is 59.5 Å². The number of para-hydroxylation sites is 1. The topological polar surface area (TPSA) is 74.6 Å². The first kappa shape index (κ1) is 17.6. The van der Waals surface area contributed by atoms with E-state index in [0.717, 1.165) is 5.56 Å². The van der Waals surface area contributed by atoms with Crippen LogP contribution in [0.1, 0.15) is 5.56 Å². The van der Waals surface area contributed by atoms with Crippen molar-refractivity contribution in [3.63, 3.8) is 0 Å². The lowest BCUT2D eigenvalue weighted by molar-refractivity contribution is -0.141. The molecule has 6 heteroatoms. The number of rotatable bonds is 8. The molecule has 0 bridgehead atoms. The molecule has 0 spiro atoms. The summed E-state index contributed by atoms with van der Waals surface area (Å²) in [5.41, 5.74) is 0.502. The van der Waals surface area contributed by atoms with Gasteiger partial charge in [0.1, 0.15) is 5.75 Å². The van der Waals surface area contributed by atoms with Crippen LogP contribution in [0, 0.1) is 5.92 Å². The maximum Gasteiger partial charge on any atom is 0.307 e. The van der Waals surface area contributed by atoms with E-state index in [2.05, 4.69) is 0 Å². The Bertz CT molecular complexity index is 663. The van der Waals surface area contributed by atoms with Gasteiger partial charge in [-0.1, -0.05) is 42.5 Å². The lowest BCUT2D eigenvalue weighted by Gasteiger charge is -2.19. The summed E-state index contributed by atoms with van der Waals surface area (Å²) >= 11 is 1.34. The van der Waals surface area contributed by atoms with E-state index in [1.54, 1.807) is 24.3 Å². The zero-order chi connectivity index (χ0) is 16.7. The van der Waals surface area contributed by atoms with Gasteiger partial charge in [0.05, 0.1) is 14.4 Å². The Kier molecular flexibility index (Phi) is 6.75. The van der Waals surface area contributed by atoms with E-state index < -0.39 is 26.0 Å². The molecule has 0 saturated carbocycles. The third kappa shape index (κ3) is 5.15. The predicted octanol–water partition coefficient (Wildman–Crippen LogP) is 3.55. The Balaban J connectivity index is 2.08. The van der Waals surface area contributed by atoms with E-state index in [1.165, 1.54) is 11.8 Å². The maximum atomic E-state index is 11.6. The molecule has 0 aliphatic rings. The average Bonchev–Trinajstić information content (AvgIpc) is 2.56. The van der Waals surface area contributed by atoms with Gasteiger partial charge in [0.15, 0.2) is 0 Å². The van der Waals surface area contributed by atoms with E-state index in [-0.39, 0.29) is 5.75 Å². The van der Waals surface area contributed by atoms with E-state index in [4.69, 9.17) is 0 Å². The smallest absolute Gasteiger partial charge is 0.307 e. The molecule has 0 aliphatic heterocycles. The molecule has 0 radical (unpaired) electrons. The first-order chi connectivity index (χ1) is 11.1. The first-order valence-electron chi connectivity index (χ1n) is 7.24. The van der Waals surface area contributed by atoms with Gasteiger partial charge < -0.3 is 14.8 Å². The van der Waals surface area contributed by atoms with E-state index >= 15 is 0 Å². The first-order valence-corrected chi connectivity index (χ1v) is 9.37. The van der Waals surface area contributed by atoms with Crippen molar-refractivity contribution in [3.05, 3.63) is 60.2 Å². The second-order valence-electron chi connectivity index (χ2n) is 5.21. The summed E-state index contributed by atoms with van der Waals surface area (Å²) < 4.78 is 11.6. The van der Waals surface area contributed by atoms with Crippen LogP contribution in [0.25, 0.3) is 0 Å². The molecule has 0 fully saturated rings. The number of carboxylic acid groups (broad SMARTS) is 1. The number of benzene rings is 2. The summed E-state index contributed by atoms with van der Waals surface area (Å²) in [6.45, 7) is 0. The van der Waals surface area contributed by atoms with Gasteiger partial charge in [0.2, 0.25) is 0 Å². The Hall–Kier alpha value is -1.71. The number of aliphatic carboxylic acids is 1. The highest BCUT2D eigenvalue weighted by atomic mass is 32.2. The lowest BCUT2D eigenvalue weighted by Crippen LogP contribution is -2.28. The summed E-state index contributed by atoms with van der Waals surface area (Å²) in [5.74, 6) is -1.06. The molecule has 2 rings (SSSR count). The van der Waals surface area contributed by atoms with Crippen molar-refractivity contribution < 1.29 is 19.6 Å². The van der Waals surface area contributed by atoms with Crippen LogP contribution < -0.4 is 0 Å². The molecule has 4 nitrogen and oxygen atoms in total. The van der Waals surface area contributed by atoms with Crippen molar-refractivity contribution in [2.45, 2.75) is 17.0 Å². The third-order valence-corrected chi connectivity index (χ3v) is 6.20. The van der Waals surface area contributed by atoms with Crippen LogP contribution in [0.3, 0.4) is 0 Å². The minimum Gasteiger partial charge on any atom is -0.507 e. The summed E-state index contributed by atoms with van der Waals surface area (Å²) in [6, 6.07) is 16.2. The van der Waals surface area contributed by atoms with Crippen LogP contribution >= 0.6 is 20.2 Å². The molecule has 2 aromatic carbocycles. The van der Waals surface area contributed by atoms with Gasteiger partial charge >= 0.3 is 5.97 Å². The molecule has 0 heterocycles. The Morgan fingerprint density at radius 2 is 1.74 bits per heavy atom. The number of hydrogen-bond acceptors (Lipinski definition) is 4. The minimum atomic E-state index is -1.23. The monoisotopic (exact) mass is 350 g/mol. The molecule has 0 saturated heterocycles. The molecule has 0 aliphatic carbocycles. The largest absolute Gasteiger partial charge is 0.507 e. The van der Waals surface area contributed by atoms with Crippen molar-refractivity contribution >= 4 is 26.2 Å². The summed E-state index contributed by atoms with van der Waals surface area (Å²) in [5, 5.41) is 19.3. The highest BCUT2D eigenvalue weighted by molar-refractivity contribution is 7.99. The van der Waals surface area contributed by atoms with Gasteiger partial charge in [-0.25, -0.2) is 0 Å². The van der Waals surface area contributed by atoms with Crippen molar-refractivity contribution in [3.8, 4) is 5.75 Å². The minimum absolute atomic E-state index is 0.159. The fourth-order valence-electron chi connectivity index (χ4n) is 2.31. The molecule has 3 atom stereocenters.